The summed E-state index contributed by atoms with van der Waals surface area (Å²) in [5.74, 6) is -2.63. The number of ether oxygens (including phenoxy) is 2. The quantitative estimate of drug-likeness (QED) is 0.394. The summed E-state index contributed by atoms with van der Waals surface area (Å²) < 4.78 is 51.7. The highest BCUT2D eigenvalue weighted by Gasteiger charge is 2.56. The molecule has 2 fully saturated rings. The molecule has 14 heteroatoms. The van der Waals surface area contributed by atoms with Crippen molar-refractivity contribution in [2.24, 2.45) is 5.92 Å². The standard InChI is InChI=1S/C29H26F3N3O6S2/c1-40-19-12-15(8-9-18(19)41-14-20(36)34-10-3-2-4-11-34)21-22-24(42-25-23(21)43-28(39)33-25)27(38)35(26(22)37)17-7-5-6-16(13-17)29(30,31)32/h5-9,12-13,21-22,24H,2-4,10-11,14H2,1H3,(H,33,39)/t21-,22-,24+/m0/s1. The highest BCUT2D eigenvalue weighted by molar-refractivity contribution is 8.00. The van der Waals surface area contributed by atoms with E-state index in [1.807, 2.05) is 0 Å². The number of hydrogen-bond acceptors (Lipinski definition) is 8. The number of carbonyl (C=O) groups excluding carboxylic acids is 3. The molecule has 0 aliphatic carbocycles. The minimum absolute atomic E-state index is 0.135. The van der Waals surface area contributed by atoms with Gasteiger partial charge in [0, 0.05) is 23.9 Å². The zero-order chi connectivity index (χ0) is 30.5. The first-order valence-corrected chi connectivity index (χ1v) is 15.3. The van der Waals surface area contributed by atoms with Gasteiger partial charge in [0.05, 0.1) is 29.3 Å². The number of thiazole rings is 1. The Kier molecular flexibility index (Phi) is 7.75. The maximum Gasteiger partial charge on any atom is 0.416 e. The van der Waals surface area contributed by atoms with Crippen LogP contribution >= 0.6 is 23.1 Å². The molecular weight excluding hydrogens is 607 g/mol. The number of rotatable bonds is 6. The third-order valence-corrected chi connectivity index (χ3v) is 10.3. The highest BCUT2D eigenvalue weighted by atomic mass is 32.2. The number of piperidine rings is 1. The molecule has 43 heavy (non-hydrogen) atoms. The zero-order valence-electron chi connectivity index (χ0n) is 22.8. The Bertz CT molecular complexity index is 1650. The number of fused-ring (bicyclic) bond motifs is 2. The predicted molar refractivity (Wildman–Crippen MR) is 153 cm³/mol. The summed E-state index contributed by atoms with van der Waals surface area (Å²) in [6, 6.07) is 9.02. The summed E-state index contributed by atoms with van der Waals surface area (Å²) in [5.41, 5.74) is -0.604. The molecule has 3 aromatic rings. The minimum atomic E-state index is -4.66. The fourth-order valence-corrected chi connectivity index (χ4v) is 8.34. The maximum absolute atomic E-state index is 13.9. The molecule has 1 N–H and O–H groups in total. The smallest absolute Gasteiger partial charge is 0.416 e. The van der Waals surface area contributed by atoms with Gasteiger partial charge in [0.2, 0.25) is 11.8 Å². The van der Waals surface area contributed by atoms with E-state index in [0.717, 1.165) is 65.5 Å². The number of carbonyl (C=O) groups is 3. The van der Waals surface area contributed by atoms with Crippen LogP contribution < -0.4 is 19.2 Å². The number of methoxy groups -OCH3 is 1. The Balaban J connectivity index is 1.33. The molecule has 3 aliphatic heterocycles. The Morgan fingerprint density at radius 1 is 1.02 bits per heavy atom. The van der Waals surface area contributed by atoms with Crippen LogP contribution in [0.1, 0.15) is 41.2 Å². The minimum Gasteiger partial charge on any atom is -0.493 e. The van der Waals surface area contributed by atoms with Gasteiger partial charge in [-0.25, -0.2) is 4.90 Å². The monoisotopic (exact) mass is 633 g/mol. The number of anilines is 1. The Labute approximate surface area is 252 Å². The van der Waals surface area contributed by atoms with E-state index < -0.39 is 40.6 Å². The van der Waals surface area contributed by atoms with Crippen molar-refractivity contribution in [3.8, 4) is 11.5 Å². The summed E-state index contributed by atoms with van der Waals surface area (Å²) in [4.78, 5) is 58.0. The topological polar surface area (TPSA) is 109 Å². The molecule has 3 amide bonds. The van der Waals surface area contributed by atoms with Gasteiger partial charge < -0.3 is 19.4 Å². The fraction of sp³-hybridized carbons (Fsp3) is 0.379. The van der Waals surface area contributed by atoms with E-state index in [1.165, 1.54) is 13.2 Å². The van der Waals surface area contributed by atoms with Crippen molar-refractivity contribution in [3.05, 3.63) is 68.1 Å². The van der Waals surface area contributed by atoms with Crippen molar-refractivity contribution in [3.63, 3.8) is 0 Å². The van der Waals surface area contributed by atoms with Crippen LogP contribution in [-0.2, 0) is 20.6 Å². The molecule has 2 saturated heterocycles. The number of nitrogens with zero attached hydrogens (tertiary/aromatic N) is 2. The molecule has 9 nitrogen and oxygen atoms in total. The summed E-state index contributed by atoms with van der Waals surface area (Å²) in [6.07, 6.45) is -1.67. The van der Waals surface area contributed by atoms with E-state index in [9.17, 15) is 32.3 Å². The van der Waals surface area contributed by atoms with E-state index in [2.05, 4.69) is 4.98 Å². The van der Waals surface area contributed by atoms with Crippen molar-refractivity contribution in [1.82, 2.24) is 9.88 Å². The van der Waals surface area contributed by atoms with Crippen LogP contribution in [0.2, 0.25) is 0 Å². The van der Waals surface area contributed by atoms with E-state index in [0.29, 0.717) is 34.3 Å². The van der Waals surface area contributed by atoms with Crippen LogP contribution in [0.5, 0.6) is 11.5 Å². The molecule has 4 heterocycles. The van der Waals surface area contributed by atoms with Crippen LogP contribution in [-0.4, -0.2) is 59.7 Å². The normalized spacial score (nSPS) is 21.9. The average Bonchev–Trinajstić information content (AvgIpc) is 3.49. The van der Waals surface area contributed by atoms with Crippen molar-refractivity contribution in [2.75, 3.05) is 31.7 Å². The number of alkyl halides is 3. The van der Waals surface area contributed by atoms with E-state index in [-0.39, 0.29) is 28.8 Å². The van der Waals surface area contributed by atoms with Crippen molar-refractivity contribution in [2.45, 2.75) is 41.6 Å². The van der Waals surface area contributed by atoms with E-state index >= 15 is 0 Å². The fourth-order valence-electron chi connectivity index (χ4n) is 5.82. The van der Waals surface area contributed by atoms with Gasteiger partial charge in [0.15, 0.2) is 18.1 Å². The number of halogens is 3. The highest BCUT2D eigenvalue weighted by Crippen LogP contribution is 2.54. The molecule has 0 radical (unpaired) electrons. The number of likely N-dealkylation sites (tertiary alicyclic amines) is 1. The molecule has 2 aromatic carbocycles. The van der Waals surface area contributed by atoms with Gasteiger partial charge in [-0.1, -0.05) is 35.2 Å². The molecule has 3 atom stereocenters. The number of imide groups is 1. The van der Waals surface area contributed by atoms with Gasteiger partial charge in [-0.15, -0.1) is 0 Å². The van der Waals surface area contributed by atoms with Gasteiger partial charge in [-0.05, 0) is 55.2 Å². The first-order valence-electron chi connectivity index (χ1n) is 13.6. The lowest BCUT2D eigenvalue weighted by Gasteiger charge is -2.30. The third kappa shape index (κ3) is 5.42. The second kappa shape index (κ2) is 11.4. The Morgan fingerprint density at radius 3 is 2.51 bits per heavy atom. The number of aromatic amines is 1. The van der Waals surface area contributed by atoms with Crippen LogP contribution in [0.15, 0.2) is 52.3 Å². The Morgan fingerprint density at radius 2 is 1.79 bits per heavy atom. The Hall–Kier alpha value is -3.78. The second-order valence-corrected chi connectivity index (χ2v) is 12.6. The molecule has 0 bridgehead atoms. The second-order valence-electron chi connectivity index (χ2n) is 10.5. The lowest BCUT2D eigenvalue weighted by molar-refractivity contribution is -0.137. The van der Waals surface area contributed by atoms with Gasteiger partial charge >= 0.3 is 11.0 Å². The molecular formula is C29H26F3N3O6S2. The number of H-pyrrole nitrogens is 1. The molecule has 226 valence electrons. The van der Waals surface area contributed by atoms with Crippen LogP contribution in [0.3, 0.4) is 0 Å². The number of aromatic nitrogens is 1. The molecule has 1 aromatic heterocycles. The molecule has 0 unspecified atom stereocenters. The summed E-state index contributed by atoms with van der Waals surface area (Å²) >= 11 is 1.94. The van der Waals surface area contributed by atoms with Gasteiger partial charge in [0.1, 0.15) is 5.25 Å². The van der Waals surface area contributed by atoms with Crippen molar-refractivity contribution < 1.29 is 37.0 Å². The van der Waals surface area contributed by atoms with Crippen LogP contribution in [0.4, 0.5) is 18.9 Å². The molecule has 0 saturated carbocycles. The number of thioether (sulfide) groups is 1. The zero-order valence-corrected chi connectivity index (χ0v) is 24.4. The van der Waals surface area contributed by atoms with Gasteiger partial charge in [-0.2, -0.15) is 13.2 Å². The third-order valence-electron chi connectivity index (χ3n) is 7.86. The molecule has 0 spiro atoms. The van der Waals surface area contributed by atoms with E-state index in [1.54, 1.807) is 23.1 Å². The first kappa shape index (κ1) is 29.3. The lowest BCUT2D eigenvalue weighted by Crippen LogP contribution is -2.38. The molecule has 3 aliphatic rings. The van der Waals surface area contributed by atoms with Crippen molar-refractivity contribution in [1.29, 1.82) is 0 Å². The predicted octanol–water partition coefficient (Wildman–Crippen LogP) is 4.65. The van der Waals surface area contributed by atoms with Crippen LogP contribution in [0, 0.1) is 5.92 Å². The largest absolute Gasteiger partial charge is 0.493 e. The number of nitrogens with one attached hydrogen (secondary N) is 1. The van der Waals surface area contributed by atoms with Crippen molar-refractivity contribution >= 4 is 46.5 Å². The van der Waals surface area contributed by atoms with Gasteiger partial charge in [-0.3, -0.25) is 19.2 Å². The number of benzene rings is 2. The summed E-state index contributed by atoms with van der Waals surface area (Å²) in [5, 5.41) is -0.548. The van der Waals surface area contributed by atoms with E-state index in [4.69, 9.17) is 9.47 Å². The number of amides is 3. The van der Waals surface area contributed by atoms with Crippen LogP contribution in [0.25, 0.3) is 0 Å². The first-order chi connectivity index (χ1) is 20.6. The summed E-state index contributed by atoms with van der Waals surface area (Å²) in [7, 11) is 1.43. The SMILES string of the molecule is COc1cc([C@@H]2c3sc(=O)[nH]c3S[C@H]3C(=O)N(c4cccc(C(F)(F)F)c4)C(=O)[C@@H]23)ccc1OCC(=O)N1CCCCC1. The summed E-state index contributed by atoms with van der Waals surface area (Å²) in [6.45, 7) is 1.20. The molecule has 6 rings (SSSR count). The lowest BCUT2D eigenvalue weighted by atomic mass is 9.83. The van der Waals surface area contributed by atoms with Gasteiger partial charge in [0.25, 0.3) is 5.91 Å². The number of hydrogen-bond donors (Lipinski definition) is 1. The average molecular weight is 634 g/mol. The maximum atomic E-state index is 13.9.